The first-order chi connectivity index (χ1) is 11.3. The Kier molecular flexibility index (Phi) is 5.82. The van der Waals surface area contributed by atoms with Crippen molar-refractivity contribution in [1.29, 1.82) is 0 Å². The van der Waals surface area contributed by atoms with Gasteiger partial charge in [0.25, 0.3) is 0 Å². The number of benzene rings is 2. The lowest BCUT2D eigenvalue weighted by Crippen LogP contribution is -2.35. The lowest BCUT2D eigenvalue weighted by molar-refractivity contribution is -0.116. The number of likely N-dealkylation sites (N-methyl/N-ethyl adjacent to an activating group) is 1. The van der Waals surface area contributed by atoms with Crippen LogP contribution in [0, 0.1) is 0 Å². The van der Waals surface area contributed by atoms with Gasteiger partial charge >= 0.3 is 0 Å². The number of rotatable bonds is 6. The number of ether oxygens (including phenoxy) is 1. The van der Waals surface area contributed by atoms with Crippen LogP contribution in [-0.4, -0.2) is 39.3 Å². The highest BCUT2D eigenvalue weighted by atomic mass is 35.5. The molecule has 1 amide bonds. The van der Waals surface area contributed by atoms with Gasteiger partial charge in [-0.2, -0.15) is 4.31 Å². The number of carbonyl (C=O) groups is 1. The van der Waals surface area contributed by atoms with Crippen LogP contribution in [-0.2, 0) is 14.8 Å². The Bertz CT molecular complexity index is 839. The molecule has 0 radical (unpaired) electrons. The molecule has 24 heavy (non-hydrogen) atoms. The van der Waals surface area contributed by atoms with Crippen molar-refractivity contribution in [3.05, 3.63) is 53.6 Å². The van der Waals surface area contributed by atoms with Crippen LogP contribution in [0.5, 0.6) is 5.75 Å². The third kappa shape index (κ3) is 4.25. The van der Waals surface area contributed by atoms with Gasteiger partial charge in [0.15, 0.2) is 0 Å². The molecule has 0 aliphatic carbocycles. The number of methoxy groups -OCH3 is 1. The molecule has 0 aliphatic heterocycles. The van der Waals surface area contributed by atoms with E-state index in [4.69, 9.17) is 16.3 Å². The van der Waals surface area contributed by atoms with Gasteiger partial charge in [-0.15, -0.1) is 0 Å². The third-order valence-electron chi connectivity index (χ3n) is 3.24. The van der Waals surface area contributed by atoms with Gasteiger partial charge in [-0.1, -0.05) is 29.8 Å². The SMILES string of the molecule is COc1cccc(NC(=O)CN(C)S(=O)(=O)c2ccccc2Cl)c1. The van der Waals surface area contributed by atoms with Crippen LogP contribution >= 0.6 is 11.6 Å². The van der Waals surface area contributed by atoms with Gasteiger partial charge in [0.1, 0.15) is 10.6 Å². The maximum absolute atomic E-state index is 12.5. The van der Waals surface area contributed by atoms with E-state index in [2.05, 4.69) is 5.32 Å². The lowest BCUT2D eigenvalue weighted by atomic mass is 10.3. The number of nitrogens with one attached hydrogen (secondary N) is 1. The minimum atomic E-state index is -3.85. The number of anilines is 1. The molecule has 0 unspecified atom stereocenters. The fourth-order valence-corrected chi connectivity index (χ4v) is 3.63. The van der Waals surface area contributed by atoms with Crippen molar-refractivity contribution in [3.8, 4) is 5.75 Å². The number of hydrogen-bond acceptors (Lipinski definition) is 4. The van der Waals surface area contributed by atoms with E-state index < -0.39 is 15.9 Å². The Morgan fingerprint density at radius 2 is 1.92 bits per heavy atom. The summed E-state index contributed by atoms with van der Waals surface area (Å²) in [5.41, 5.74) is 0.517. The summed E-state index contributed by atoms with van der Waals surface area (Å²) in [7, 11) is -1.01. The molecule has 1 N–H and O–H groups in total. The van der Waals surface area contributed by atoms with E-state index in [0.717, 1.165) is 4.31 Å². The van der Waals surface area contributed by atoms with Crippen molar-refractivity contribution in [2.45, 2.75) is 4.90 Å². The second-order valence-corrected chi connectivity index (χ2v) is 7.39. The van der Waals surface area contributed by atoms with E-state index in [9.17, 15) is 13.2 Å². The third-order valence-corrected chi connectivity index (χ3v) is 5.55. The minimum Gasteiger partial charge on any atom is -0.497 e. The number of halogens is 1. The van der Waals surface area contributed by atoms with E-state index in [0.29, 0.717) is 11.4 Å². The van der Waals surface area contributed by atoms with Gasteiger partial charge in [-0.25, -0.2) is 8.42 Å². The average molecular weight is 369 g/mol. The van der Waals surface area contributed by atoms with Gasteiger partial charge in [0.05, 0.1) is 18.7 Å². The number of hydrogen-bond donors (Lipinski definition) is 1. The van der Waals surface area contributed by atoms with E-state index in [-0.39, 0.29) is 16.5 Å². The molecule has 8 heteroatoms. The van der Waals surface area contributed by atoms with Crippen LogP contribution < -0.4 is 10.1 Å². The van der Waals surface area contributed by atoms with Crippen LogP contribution in [0.2, 0.25) is 5.02 Å². The molecule has 0 aromatic heterocycles. The van der Waals surface area contributed by atoms with E-state index in [1.807, 2.05) is 0 Å². The Morgan fingerprint density at radius 3 is 2.58 bits per heavy atom. The number of nitrogens with zero attached hydrogens (tertiary/aromatic N) is 1. The molecular weight excluding hydrogens is 352 g/mol. The lowest BCUT2D eigenvalue weighted by Gasteiger charge is -2.17. The van der Waals surface area contributed by atoms with Gasteiger partial charge in [-0.05, 0) is 24.3 Å². The molecule has 6 nitrogen and oxygen atoms in total. The van der Waals surface area contributed by atoms with Crippen LogP contribution in [0.25, 0.3) is 0 Å². The Hall–Kier alpha value is -2.09. The predicted octanol–water partition coefficient (Wildman–Crippen LogP) is 2.61. The maximum Gasteiger partial charge on any atom is 0.244 e. The number of sulfonamides is 1. The molecular formula is C16H17ClN2O4S. The molecule has 0 heterocycles. The smallest absolute Gasteiger partial charge is 0.244 e. The molecule has 2 aromatic rings. The zero-order chi connectivity index (χ0) is 17.7. The topological polar surface area (TPSA) is 75.7 Å². The summed E-state index contributed by atoms with van der Waals surface area (Å²) in [5.74, 6) is 0.117. The van der Waals surface area contributed by atoms with Gasteiger partial charge in [-0.3, -0.25) is 4.79 Å². The zero-order valence-electron chi connectivity index (χ0n) is 13.2. The van der Waals surface area contributed by atoms with Crippen molar-refractivity contribution in [2.75, 3.05) is 26.0 Å². The Labute approximate surface area is 146 Å². The molecule has 0 bridgehead atoms. The van der Waals surface area contributed by atoms with E-state index in [1.165, 1.54) is 26.3 Å². The maximum atomic E-state index is 12.5. The molecule has 2 aromatic carbocycles. The second kappa shape index (κ2) is 7.65. The Morgan fingerprint density at radius 1 is 1.21 bits per heavy atom. The number of carbonyl (C=O) groups excluding carboxylic acids is 1. The second-order valence-electron chi connectivity index (χ2n) is 4.97. The molecule has 0 atom stereocenters. The summed E-state index contributed by atoms with van der Waals surface area (Å²) in [5, 5.41) is 2.74. The molecule has 0 fully saturated rings. The molecule has 0 spiro atoms. The monoisotopic (exact) mass is 368 g/mol. The largest absolute Gasteiger partial charge is 0.497 e. The molecule has 0 aliphatic rings. The van der Waals surface area contributed by atoms with Crippen molar-refractivity contribution < 1.29 is 17.9 Å². The van der Waals surface area contributed by atoms with Crippen molar-refractivity contribution in [2.24, 2.45) is 0 Å². The van der Waals surface area contributed by atoms with Crippen molar-refractivity contribution >= 4 is 33.2 Å². The molecule has 0 saturated heterocycles. The normalized spacial score (nSPS) is 11.3. The van der Waals surface area contributed by atoms with Crippen LogP contribution in [0.15, 0.2) is 53.4 Å². The van der Waals surface area contributed by atoms with Gasteiger partial charge in [0, 0.05) is 18.8 Å². The van der Waals surface area contributed by atoms with E-state index >= 15 is 0 Å². The fraction of sp³-hybridized carbons (Fsp3) is 0.188. The molecule has 0 saturated carbocycles. The summed E-state index contributed by atoms with van der Waals surface area (Å²) >= 11 is 5.93. The summed E-state index contributed by atoms with van der Waals surface area (Å²) in [6, 6.07) is 12.9. The highest BCUT2D eigenvalue weighted by Gasteiger charge is 2.25. The predicted molar refractivity (Wildman–Crippen MR) is 92.9 cm³/mol. The van der Waals surface area contributed by atoms with Gasteiger partial charge < -0.3 is 10.1 Å². The number of amides is 1. The van der Waals surface area contributed by atoms with Crippen molar-refractivity contribution in [3.63, 3.8) is 0 Å². The van der Waals surface area contributed by atoms with Crippen LogP contribution in [0.4, 0.5) is 5.69 Å². The van der Waals surface area contributed by atoms with Gasteiger partial charge in [0.2, 0.25) is 15.9 Å². The first-order valence-corrected chi connectivity index (χ1v) is 8.81. The fourth-order valence-electron chi connectivity index (χ4n) is 2.01. The minimum absolute atomic E-state index is 0.0386. The first kappa shape index (κ1) is 18.3. The molecule has 128 valence electrons. The summed E-state index contributed by atoms with van der Waals surface area (Å²) < 4.78 is 31.0. The summed E-state index contributed by atoms with van der Waals surface area (Å²) in [6.45, 7) is -0.342. The highest BCUT2D eigenvalue weighted by Crippen LogP contribution is 2.23. The Balaban J connectivity index is 2.09. The van der Waals surface area contributed by atoms with Crippen LogP contribution in [0.1, 0.15) is 0 Å². The van der Waals surface area contributed by atoms with E-state index in [1.54, 1.807) is 36.4 Å². The highest BCUT2D eigenvalue weighted by molar-refractivity contribution is 7.89. The van der Waals surface area contributed by atoms with Crippen LogP contribution in [0.3, 0.4) is 0 Å². The molecule has 2 rings (SSSR count). The summed E-state index contributed by atoms with van der Waals surface area (Å²) in [6.07, 6.45) is 0. The standard InChI is InChI=1S/C16H17ClN2O4S/c1-19(24(21,22)15-9-4-3-8-14(15)17)11-16(20)18-12-6-5-7-13(10-12)23-2/h3-10H,11H2,1-2H3,(H,18,20). The quantitative estimate of drug-likeness (QED) is 0.850. The van der Waals surface area contributed by atoms with Crippen molar-refractivity contribution in [1.82, 2.24) is 4.31 Å². The zero-order valence-corrected chi connectivity index (χ0v) is 14.8. The summed E-state index contributed by atoms with van der Waals surface area (Å²) in [4.78, 5) is 12.1. The average Bonchev–Trinajstić information content (AvgIpc) is 2.55. The first-order valence-electron chi connectivity index (χ1n) is 6.99.